The molecule has 1 aromatic carbocycles. The molecule has 0 aliphatic carbocycles. The van der Waals surface area contributed by atoms with E-state index >= 15 is 0 Å². The van der Waals surface area contributed by atoms with Crippen molar-refractivity contribution in [2.75, 3.05) is 5.32 Å². The van der Waals surface area contributed by atoms with Crippen molar-refractivity contribution in [1.29, 1.82) is 0 Å². The fraction of sp³-hybridized carbons (Fsp3) is 0.455. The topological polar surface area (TPSA) is 12.0 Å². The minimum Gasteiger partial charge on any atom is -0.382 e. The molecule has 0 fully saturated rings. The first-order valence-corrected chi connectivity index (χ1v) is 4.88. The van der Waals surface area contributed by atoms with Gasteiger partial charge in [0, 0.05) is 17.3 Å². The minimum absolute atomic E-state index is 0.330. The van der Waals surface area contributed by atoms with Crippen molar-refractivity contribution in [3.63, 3.8) is 0 Å². The Balaban J connectivity index is 2.70. The Morgan fingerprint density at radius 2 is 1.94 bits per heavy atom. The molecule has 0 aromatic heterocycles. The van der Waals surface area contributed by atoms with Gasteiger partial charge in [0.15, 0.2) is 0 Å². The van der Waals surface area contributed by atoms with Gasteiger partial charge in [-0.05, 0) is 26.0 Å². The second-order valence-electron chi connectivity index (χ2n) is 3.78. The smallest absolute Gasteiger partial charge is 0.382 e. The molecule has 1 rings (SSSR count). The molecule has 16 heavy (non-hydrogen) atoms. The van der Waals surface area contributed by atoms with E-state index in [9.17, 15) is 17.6 Å². The van der Waals surface area contributed by atoms with Crippen molar-refractivity contribution in [2.45, 2.75) is 32.5 Å². The predicted molar refractivity (Wildman–Crippen MR) is 54.9 cm³/mol. The Morgan fingerprint density at radius 3 is 2.50 bits per heavy atom. The van der Waals surface area contributed by atoms with E-state index in [1.165, 1.54) is 26.0 Å². The van der Waals surface area contributed by atoms with Crippen LogP contribution >= 0.6 is 0 Å². The standard InChI is InChI=1S/C11H13F4N/c1-7(6-11(13,14)15)16-10-5-3-4-9(12)8(10)2/h3-5,7,16H,6H2,1-2H3. The normalized spacial score (nSPS) is 13.6. The summed E-state index contributed by atoms with van der Waals surface area (Å²) < 4.78 is 49.3. The maximum atomic E-state index is 13.1. The van der Waals surface area contributed by atoms with Crippen LogP contribution in [0.1, 0.15) is 18.9 Å². The summed E-state index contributed by atoms with van der Waals surface area (Å²) in [6, 6.07) is 3.52. The van der Waals surface area contributed by atoms with Crippen molar-refractivity contribution in [1.82, 2.24) is 0 Å². The number of benzene rings is 1. The van der Waals surface area contributed by atoms with Gasteiger partial charge in [0.1, 0.15) is 5.82 Å². The lowest BCUT2D eigenvalue weighted by atomic mass is 10.1. The van der Waals surface area contributed by atoms with Gasteiger partial charge in [0.2, 0.25) is 0 Å². The van der Waals surface area contributed by atoms with Crippen molar-refractivity contribution >= 4 is 5.69 Å². The highest BCUT2D eigenvalue weighted by Gasteiger charge is 2.30. The Morgan fingerprint density at radius 1 is 1.31 bits per heavy atom. The first-order valence-electron chi connectivity index (χ1n) is 4.88. The number of nitrogens with one attached hydrogen (secondary N) is 1. The zero-order valence-corrected chi connectivity index (χ0v) is 9.03. The van der Waals surface area contributed by atoms with Gasteiger partial charge in [-0.1, -0.05) is 6.07 Å². The SMILES string of the molecule is Cc1c(F)cccc1NC(C)CC(F)(F)F. The zero-order chi connectivity index (χ0) is 12.3. The summed E-state index contributed by atoms with van der Waals surface area (Å²) >= 11 is 0. The van der Waals surface area contributed by atoms with Crippen LogP contribution in [0.5, 0.6) is 0 Å². The summed E-state index contributed by atoms with van der Waals surface area (Å²) in [5.74, 6) is -0.427. The molecule has 0 saturated heterocycles. The molecule has 1 N–H and O–H groups in total. The maximum absolute atomic E-state index is 13.1. The second-order valence-corrected chi connectivity index (χ2v) is 3.78. The van der Waals surface area contributed by atoms with Crippen molar-refractivity contribution in [2.24, 2.45) is 0 Å². The lowest BCUT2D eigenvalue weighted by Crippen LogP contribution is -2.24. The third kappa shape index (κ3) is 3.72. The van der Waals surface area contributed by atoms with Crippen molar-refractivity contribution in [3.8, 4) is 0 Å². The van der Waals surface area contributed by atoms with Gasteiger partial charge in [-0.15, -0.1) is 0 Å². The summed E-state index contributed by atoms with van der Waals surface area (Å²) in [6.45, 7) is 2.94. The van der Waals surface area contributed by atoms with E-state index < -0.39 is 24.5 Å². The Hall–Kier alpha value is -1.26. The lowest BCUT2D eigenvalue weighted by molar-refractivity contribution is -0.136. The summed E-state index contributed by atoms with van der Waals surface area (Å²) in [5.41, 5.74) is 0.730. The summed E-state index contributed by atoms with van der Waals surface area (Å²) in [7, 11) is 0. The van der Waals surface area contributed by atoms with Crippen LogP contribution in [0.15, 0.2) is 18.2 Å². The van der Waals surface area contributed by atoms with Crippen LogP contribution in [0.2, 0.25) is 0 Å². The van der Waals surface area contributed by atoms with E-state index in [0.717, 1.165) is 0 Å². The fourth-order valence-corrected chi connectivity index (χ4v) is 1.43. The molecule has 1 nitrogen and oxygen atoms in total. The van der Waals surface area contributed by atoms with Gasteiger partial charge < -0.3 is 5.32 Å². The first-order chi connectivity index (χ1) is 7.29. The van der Waals surface area contributed by atoms with Crippen LogP contribution in [-0.2, 0) is 0 Å². The highest BCUT2D eigenvalue weighted by molar-refractivity contribution is 5.51. The van der Waals surface area contributed by atoms with Gasteiger partial charge in [-0.2, -0.15) is 13.2 Å². The molecule has 0 saturated carbocycles. The molecule has 90 valence electrons. The third-order valence-corrected chi connectivity index (χ3v) is 2.21. The summed E-state index contributed by atoms with van der Waals surface area (Å²) in [6.07, 6.45) is -5.16. The number of halogens is 4. The predicted octanol–water partition coefficient (Wildman–Crippen LogP) is 3.89. The number of rotatable bonds is 3. The van der Waals surface area contributed by atoms with E-state index in [1.54, 1.807) is 6.07 Å². The highest BCUT2D eigenvalue weighted by Crippen LogP contribution is 2.25. The molecular formula is C11H13F4N. The fourth-order valence-electron chi connectivity index (χ4n) is 1.43. The quantitative estimate of drug-likeness (QED) is 0.784. The van der Waals surface area contributed by atoms with Gasteiger partial charge >= 0.3 is 6.18 Å². The van der Waals surface area contributed by atoms with Crippen LogP contribution < -0.4 is 5.32 Å². The number of hydrogen-bond donors (Lipinski definition) is 1. The Bertz CT molecular complexity index is 359. The van der Waals surface area contributed by atoms with Crippen LogP contribution in [0, 0.1) is 12.7 Å². The molecule has 1 aromatic rings. The lowest BCUT2D eigenvalue weighted by Gasteiger charge is -2.18. The largest absolute Gasteiger partial charge is 0.391 e. The molecule has 1 atom stereocenters. The van der Waals surface area contributed by atoms with Gasteiger partial charge in [-0.25, -0.2) is 4.39 Å². The molecule has 0 bridgehead atoms. The van der Waals surface area contributed by atoms with Crippen LogP contribution in [0.3, 0.4) is 0 Å². The van der Waals surface area contributed by atoms with Crippen LogP contribution in [0.4, 0.5) is 23.2 Å². The van der Waals surface area contributed by atoms with Gasteiger partial charge in [0.25, 0.3) is 0 Å². The molecule has 0 heterocycles. The van der Waals surface area contributed by atoms with Crippen molar-refractivity contribution < 1.29 is 17.6 Å². The third-order valence-electron chi connectivity index (χ3n) is 2.21. The molecule has 0 amide bonds. The van der Waals surface area contributed by atoms with Gasteiger partial charge in [0.05, 0.1) is 6.42 Å². The van der Waals surface area contributed by atoms with Crippen molar-refractivity contribution in [3.05, 3.63) is 29.6 Å². The molecule has 0 aliphatic rings. The van der Waals surface area contributed by atoms with Gasteiger partial charge in [-0.3, -0.25) is 0 Å². The van der Waals surface area contributed by atoms with E-state index in [2.05, 4.69) is 5.32 Å². The summed E-state index contributed by atoms with van der Waals surface area (Å²) in [4.78, 5) is 0. The van der Waals surface area contributed by atoms with Crippen LogP contribution in [-0.4, -0.2) is 12.2 Å². The monoisotopic (exact) mass is 235 g/mol. The average Bonchev–Trinajstić information content (AvgIpc) is 2.09. The number of alkyl halides is 3. The maximum Gasteiger partial charge on any atom is 0.391 e. The van der Waals surface area contributed by atoms with Crippen LogP contribution in [0.25, 0.3) is 0 Å². The number of anilines is 1. The zero-order valence-electron chi connectivity index (χ0n) is 9.03. The Kier molecular flexibility index (Phi) is 3.78. The first kappa shape index (κ1) is 12.8. The molecule has 0 aliphatic heterocycles. The number of hydrogen-bond acceptors (Lipinski definition) is 1. The van der Waals surface area contributed by atoms with E-state index in [4.69, 9.17) is 0 Å². The molecule has 0 radical (unpaired) electrons. The molecule has 0 spiro atoms. The summed E-state index contributed by atoms with van der Waals surface area (Å²) in [5, 5.41) is 2.65. The molecule has 1 unspecified atom stereocenters. The average molecular weight is 235 g/mol. The van der Waals surface area contributed by atoms with E-state index in [0.29, 0.717) is 11.3 Å². The van der Waals surface area contributed by atoms with E-state index in [1.807, 2.05) is 0 Å². The molecular weight excluding hydrogens is 222 g/mol. The molecule has 5 heteroatoms. The highest BCUT2D eigenvalue weighted by atomic mass is 19.4. The van der Waals surface area contributed by atoms with E-state index in [-0.39, 0.29) is 0 Å². The Labute approximate surface area is 91.5 Å². The minimum atomic E-state index is -4.21. The second kappa shape index (κ2) is 4.72.